The van der Waals surface area contributed by atoms with Crippen molar-refractivity contribution in [3.63, 3.8) is 0 Å². The van der Waals surface area contributed by atoms with E-state index in [-0.39, 0.29) is 6.54 Å². The second-order valence-corrected chi connectivity index (χ2v) is 6.35. The van der Waals surface area contributed by atoms with E-state index in [1.807, 2.05) is 0 Å². The van der Waals surface area contributed by atoms with Crippen LogP contribution in [0.1, 0.15) is 20.8 Å². The smallest absolute Gasteiger partial charge is 0.320 e. The van der Waals surface area contributed by atoms with Crippen molar-refractivity contribution in [1.82, 2.24) is 15.1 Å². The lowest BCUT2D eigenvalue weighted by molar-refractivity contribution is -0.143. The number of carboxylic acids is 3. The predicted octanol–water partition coefficient (Wildman–Crippen LogP) is -1.02. The molecule has 3 atom stereocenters. The number of rotatable bonds is 7. The molecule has 9 nitrogen and oxygen atoms in total. The quantitative estimate of drug-likeness (QED) is 0.463. The maximum absolute atomic E-state index is 11.2. The van der Waals surface area contributed by atoms with E-state index in [4.69, 9.17) is 10.2 Å². The molecule has 0 aromatic rings. The van der Waals surface area contributed by atoms with Gasteiger partial charge in [-0.3, -0.25) is 29.5 Å². The van der Waals surface area contributed by atoms with Gasteiger partial charge in [-0.1, -0.05) is 0 Å². The molecule has 0 aliphatic carbocycles. The fraction of sp³-hybridized carbons (Fsp3) is 0.786. The molecule has 132 valence electrons. The van der Waals surface area contributed by atoms with E-state index >= 15 is 0 Å². The molecule has 1 saturated heterocycles. The lowest BCUT2D eigenvalue weighted by Crippen LogP contribution is -2.60. The van der Waals surface area contributed by atoms with Crippen molar-refractivity contribution in [2.75, 3.05) is 32.7 Å². The summed E-state index contributed by atoms with van der Waals surface area (Å²) in [4.78, 5) is 36.8. The topological polar surface area (TPSA) is 130 Å². The molecule has 0 amide bonds. The van der Waals surface area contributed by atoms with Crippen LogP contribution in [0.25, 0.3) is 0 Å². The van der Waals surface area contributed by atoms with Gasteiger partial charge in [0.05, 0.1) is 6.54 Å². The summed E-state index contributed by atoms with van der Waals surface area (Å²) >= 11 is 0. The monoisotopic (exact) mass is 331 g/mol. The first-order chi connectivity index (χ1) is 10.5. The molecule has 23 heavy (non-hydrogen) atoms. The Morgan fingerprint density at radius 3 is 2.17 bits per heavy atom. The maximum Gasteiger partial charge on any atom is 0.320 e. The highest BCUT2D eigenvalue weighted by Gasteiger charge is 2.37. The highest BCUT2D eigenvalue weighted by molar-refractivity contribution is 5.73. The maximum atomic E-state index is 11.2. The summed E-state index contributed by atoms with van der Waals surface area (Å²) in [5.41, 5.74) is -0.743. The number of hydrogen-bond donors (Lipinski definition) is 4. The standard InChI is InChI=1S/C14H25N3O6/c1-9(12(20)21)15-14(3)7-16(6-11(18)19)4-5-17(8-14)10(2)13(22)23/h9-10,15H,4-8H2,1-3H3,(H,18,19)(H,20,21)(H,22,23)/t9-,10-,14?/m1/s1. The van der Waals surface area contributed by atoms with Gasteiger partial charge in [0.2, 0.25) is 0 Å². The van der Waals surface area contributed by atoms with E-state index in [1.165, 1.54) is 6.92 Å². The van der Waals surface area contributed by atoms with Crippen molar-refractivity contribution in [3.05, 3.63) is 0 Å². The SMILES string of the molecule is C[C@H](C(=O)O)N1CCN(CC(=O)O)CC(C)(N[C@H](C)C(=O)O)C1. The van der Waals surface area contributed by atoms with Gasteiger partial charge in [0.25, 0.3) is 0 Å². The van der Waals surface area contributed by atoms with Gasteiger partial charge in [0, 0.05) is 31.7 Å². The second kappa shape index (κ2) is 7.71. The van der Waals surface area contributed by atoms with Gasteiger partial charge >= 0.3 is 17.9 Å². The molecule has 9 heteroatoms. The number of nitrogens with one attached hydrogen (secondary N) is 1. The molecule has 1 heterocycles. The van der Waals surface area contributed by atoms with Crippen LogP contribution in [0.3, 0.4) is 0 Å². The third-order valence-electron chi connectivity index (χ3n) is 4.03. The molecule has 0 aromatic carbocycles. The summed E-state index contributed by atoms with van der Waals surface area (Å²) in [6.45, 7) is 6.12. The van der Waals surface area contributed by atoms with E-state index in [9.17, 15) is 19.5 Å². The summed E-state index contributed by atoms with van der Waals surface area (Å²) < 4.78 is 0. The first-order valence-corrected chi connectivity index (χ1v) is 7.45. The number of nitrogens with zero attached hydrogens (tertiary/aromatic N) is 2. The van der Waals surface area contributed by atoms with Crippen LogP contribution in [-0.4, -0.2) is 93.4 Å². The molecule has 0 saturated carbocycles. The number of carboxylic acid groups (broad SMARTS) is 3. The molecule has 0 aromatic heterocycles. The zero-order valence-corrected chi connectivity index (χ0v) is 13.7. The molecule has 0 bridgehead atoms. The van der Waals surface area contributed by atoms with Crippen LogP contribution in [0.4, 0.5) is 0 Å². The number of hydrogen-bond acceptors (Lipinski definition) is 6. The van der Waals surface area contributed by atoms with Gasteiger partial charge < -0.3 is 15.3 Å². The zero-order valence-electron chi connectivity index (χ0n) is 13.7. The fourth-order valence-electron chi connectivity index (χ4n) is 2.91. The van der Waals surface area contributed by atoms with Crippen molar-refractivity contribution >= 4 is 17.9 Å². The van der Waals surface area contributed by atoms with E-state index < -0.39 is 35.5 Å². The highest BCUT2D eigenvalue weighted by atomic mass is 16.4. The summed E-state index contributed by atoms with van der Waals surface area (Å²) in [7, 11) is 0. The third kappa shape index (κ3) is 5.77. The van der Waals surface area contributed by atoms with Crippen molar-refractivity contribution < 1.29 is 29.7 Å². The summed E-state index contributed by atoms with van der Waals surface area (Å²) in [5.74, 6) is -2.96. The molecule has 1 aliphatic rings. The minimum absolute atomic E-state index is 0.173. The van der Waals surface area contributed by atoms with Gasteiger partial charge in [-0.15, -0.1) is 0 Å². The highest BCUT2D eigenvalue weighted by Crippen LogP contribution is 2.17. The van der Waals surface area contributed by atoms with Crippen LogP contribution < -0.4 is 5.32 Å². The fourth-order valence-corrected chi connectivity index (χ4v) is 2.91. The Morgan fingerprint density at radius 2 is 1.70 bits per heavy atom. The molecule has 1 aliphatic heterocycles. The Balaban J connectivity index is 2.98. The normalized spacial score (nSPS) is 26.2. The van der Waals surface area contributed by atoms with Gasteiger partial charge in [0.1, 0.15) is 12.1 Å². The van der Waals surface area contributed by atoms with E-state index in [1.54, 1.807) is 23.6 Å². The van der Waals surface area contributed by atoms with E-state index in [2.05, 4.69) is 5.32 Å². The minimum Gasteiger partial charge on any atom is -0.480 e. The van der Waals surface area contributed by atoms with Crippen molar-refractivity contribution in [3.8, 4) is 0 Å². The van der Waals surface area contributed by atoms with Crippen molar-refractivity contribution in [2.24, 2.45) is 0 Å². The lowest BCUT2D eigenvalue weighted by atomic mass is 9.99. The van der Waals surface area contributed by atoms with Gasteiger partial charge in [-0.2, -0.15) is 0 Å². The minimum atomic E-state index is -1.02. The van der Waals surface area contributed by atoms with Crippen LogP contribution in [0.5, 0.6) is 0 Å². The van der Waals surface area contributed by atoms with Gasteiger partial charge in [-0.05, 0) is 20.8 Å². The average molecular weight is 331 g/mol. The predicted molar refractivity (Wildman–Crippen MR) is 81.4 cm³/mol. The molecule has 1 unspecified atom stereocenters. The second-order valence-electron chi connectivity index (χ2n) is 6.35. The van der Waals surface area contributed by atoms with Crippen molar-refractivity contribution in [2.45, 2.75) is 38.4 Å². The summed E-state index contributed by atoms with van der Waals surface area (Å²) in [6.07, 6.45) is 0. The van der Waals surface area contributed by atoms with Gasteiger partial charge in [0.15, 0.2) is 0 Å². The Morgan fingerprint density at radius 1 is 1.09 bits per heavy atom. The van der Waals surface area contributed by atoms with E-state index in [0.717, 1.165) is 0 Å². The number of aliphatic carboxylic acids is 3. The molecule has 0 spiro atoms. The average Bonchev–Trinajstić information content (AvgIpc) is 2.56. The summed E-state index contributed by atoms with van der Waals surface area (Å²) in [6, 6.07) is -1.56. The third-order valence-corrected chi connectivity index (χ3v) is 4.03. The molecular weight excluding hydrogens is 306 g/mol. The Labute approximate surface area is 134 Å². The zero-order chi connectivity index (χ0) is 17.8. The molecular formula is C14H25N3O6. The Kier molecular flexibility index (Phi) is 6.48. The van der Waals surface area contributed by atoms with Crippen LogP contribution in [0.2, 0.25) is 0 Å². The van der Waals surface area contributed by atoms with E-state index in [0.29, 0.717) is 26.2 Å². The first-order valence-electron chi connectivity index (χ1n) is 7.45. The van der Waals surface area contributed by atoms with Crippen LogP contribution in [-0.2, 0) is 14.4 Å². The van der Waals surface area contributed by atoms with Crippen LogP contribution in [0.15, 0.2) is 0 Å². The first kappa shape index (κ1) is 19.3. The Hall–Kier alpha value is -1.71. The molecule has 0 radical (unpaired) electrons. The van der Waals surface area contributed by atoms with Crippen LogP contribution >= 0.6 is 0 Å². The van der Waals surface area contributed by atoms with Gasteiger partial charge in [-0.25, -0.2) is 0 Å². The molecule has 4 N–H and O–H groups in total. The summed E-state index contributed by atoms with van der Waals surface area (Å²) in [5, 5.41) is 30.3. The lowest BCUT2D eigenvalue weighted by Gasteiger charge is -2.37. The number of carbonyl (C=O) groups is 3. The van der Waals surface area contributed by atoms with Crippen LogP contribution in [0, 0.1) is 0 Å². The largest absolute Gasteiger partial charge is 0.480 e. The Bertz CT molecular complexity index is 471. The van der Waals surface area contributed by atoms with Crippen molar-refractivity contribution in [1.29, 1.82) is 0 Å². The molecule has 1 fully saturated rings. The molecule has 1 rings (SSSR count).